The zero-order valence-electron chi connectivity index (χ0n) is 16.9. The number of aromatic nitrogens is 2. The minimum atomic E-state index is -3.52. The van der Waals surface area contributed by atoms with E-state index in [0.717, 1.165) is 17.0 Å². The van der Waals surface area contributed by atoms with E-state index >= 15 is 0 Å². The third kappa shape index (κ3) is 4.28. The highest BCUT2D eigenvalue weighted by Crippen LogP contribution is 2.20. The molecule has 1 aromatic heterocycles. The molecule has 0 radical (unpaired) electrons. The second-order valence-electron chi connectivity index (χ2n) is 7.52. The van der Waals surface area contributed by atoms with Gasteiger partial charge in [-0.15, -0.1) is 0 Å². The van der Waals surface area contributed by atoms with E-state index < -0.39 is 10.0 Å². The fourth-order valence-electron chi connectivity index (χ4n) is 3.60. The lowest BCUT2D eigenvalue weighted by Gasteiger charge is -2.34. The van der Waals surface area contributed by atoms with E-state index in [1.165, 1.54) is 4.31 Å². The first-order valence-corrected chi connectivity index (χ1v) is 11.0. The Bertz CT molecular complexity index is 942. The molecule has 28 heavy (non-hydrogen) atoms. The molecule has 0 bridgehead atoms. The number of carbonyl (C=O) groups is 1. The van der Waals surface area contributed by atoms with Crippen molar-refractivity contribution in [2.24, 2.45) is 0 Å². The van der Waals surface area contributed by atoms with E-state index in [9.17, 15) is 13.2 Å². The average Bonchev–Trinajstić information content (AvgIpc) is 3.00. The van der Waals surface area contributed by atoms with Crippen molar-refractivity contribution in [1.82, 2.24) is 19.0 Å². The van der Waals surface area contributed by atoms with Gasteiger partial charge in [-0.3, -0.25) is 9.48 Å². The van der Waals surface area contributed by atoms with Gasteiger partial charge in [0.05, 0.1) is 16.6 Å². The SMILES string of the molecule is Cc1ccc(S(=O)(=O)N2CCN(C(=O)CC(C)n3nc(C)cc3C)CC2)cc1. The molecule has 1 aliphatic heterocycles. The average molecular weight is 405 g/mol. The molecule has 1 saturated heterocycles. The molecule has 1 fully saturated rings. The van der Waals surface area contributed by atoms with Crippen molar-refractivity contribution in [3.8, 4) is 0 Å². The molecular weight excluding hydrogens is 376 g/mol. The number of rotatable bonds is 5. The van der Waals surface area contributed by atoms with Gasteiger partial charge in [0, 0.05) is 38.3 Å². The predicted octanol–water partition coefficient (Wildman–Crippen LogP) is 2.29. The first-order valence-electron chi connectivity index (χ1n) is 9.56. The molecule has 1 atom stereocenters. The number of piperazine rings is 1. The maximum Gasteiger partial charge on any atom is 0.243 e. The van der Waals surface area contributed by atoms with Crippen molar-refractivity contribution in [3.05, 3.63) is 47.3 Å². The molecule has 7 nitrogen and oxygen atoms in total. The maximum atomic E-state index is 12.8. The Kier molecular flexibility index (Phi) is 5.90. The van der Waals surface area contributed by atoms with Crippen molar-refractivity contribution in [2.45, 2.75) is 45.1 Å². The summed E-state index contributed by atoms with van der Waals surface area (Å²) < 4.78 is 28.9. The molecule has 1 aromatic carbocycles. The number of sulfonamides is 1. The van der Waals surface area contributed by atoms with Crippen molar-refractivity contribution in [1.29, 1.82) is 0 Å². The highest BCUT2D eigenvalue weighted by Gasteiger charge is 2.30. The summed E-state index contributed by atoms with van der Waals surface area (Å²) in [5, 5.41) is 4.45. The third-order valence-electron chi connectivity index (χ3n) is 5.18. The molecule has 1 unspecified atom stereocenters. The van der Waals surface area contributed by atoms with E-state index in [1.807, 2.05) is 38.4 Å². The van der Waals surface area contributed by atoms with E-state index in [-0.39, 0.29) is 11.9 Å². The first-order chi connectivity index (χ1) is 13.2. The smallest absolute Gasteiger partial charge is 0.243 e. The van der Waals surface area contributed by atoms with Gasteiger partial charge in [-0.1, -0.05) is 17.7 Å². The van der Waals surface area contributed by atoms with Crippen LogP contribution in [-0.4, -0.2) is 59.5 Å². The molecule has 0 N–H and O–H groups in total. The van der Waals surface area contributed by atoms with Crippen LogP contribution in [0.5, 0.6) is 0 Å². The normalized spacial score (nSPS) is 16.9. The molecule has 1 amide bonds. The second-order valence-corrected chi connectivity index (χ2v) is 9.46. The quantitative estimate of drug-likeness (QED) is 0.766. The van der Waals surface area contributed by atoms with Crippen molar-refractivity contribution in [3.63, 3.8) is 0 Å². The van der Waals surface area contributed by atoms with Crippen molar-refractivity contribution < 1.29 is 13.2 Å². The van der Waals surface area contributed by atoms with Gasteiger partial charge in [-0.05, 0) is 45.9 Å². The molecule has 2 aromatic rings. The summed E-state index contributed by atoms with van der Waals surface area (Å²) in [7, 11) is -3.52. The van der Waals surface area contributed by atoms with Crippen LogP contribution in [0.15, 0.2) is 35.2 Å². The van der Waals surface area contributed by atoms with Gasteiger partial charge < -0.3 is 4.90 Å². The van der Waals surface area contributed by atoms with Crippen LogP contribution in [0.25, 0.3) is 0 Å². The zero-order valence-corrected chi connectivity index (χ0v) is 17.7. The van der Waals surface area contributed by atoms with Crippen LogP contribution in [0, 0.1) is 20.8 Å². The van der Waals surface area contributed by atoms with Gasteiger partial charge in [0.25, 0.3) is 0 Å². The van der Waals surface area contributed by atoms with Crippen LogP contribution in [0.1, 0.15) is 36.3 Å². The van der Waals surface area contributed by atoms with Crippen LogP contribution < -0.4 is 0 Å². The Morgan fingerprint density at radius 3 is 2.21 bits per heavy atom. The Hall–Kier alpha value is -2.19. The Balaban J connectivity index is 1.59. The monoisotopic (exact) mass is 404 g/mol. The molecular formula is C20H28N4O3S. The van der Waals surface area contributed by atoms with Crippen LogP contribution in [0.2, 0.25) is 0 Å². The summed E-state index contributed by atoms with van der Waals surface area (Å²) in [5.74, 6) is 0.0347. The van der Waals surface area contributed by atoms with Crippen LogP contribution >= 0.6 is 0 Å². The lowest BCUT2D eigenvalue weighted by atomic mass is 10.2. The van der Waals surface area contributed by atoms with E-state index in [1.54, 1.807) is 29.2 Å². The number of nitrogens with zero attached hydrogens (tertiary/aromatic N) is 4. The van der Waals surface area contributed by atoms with Gasteiger partial charge in [0.1, 0.15) is 0 Å². The van der Waals surface area contributed by atoms with Gasteiger partial charge in [-0.2, -0.15) is 9.40 Å². The van der Waals surface area contributed by atoms with E-state index in [2.05, 4.69) is 5.10 Å². The molecule has 0 aliphatic carbocycles. The second kappa shape index (κ2) is 8.05. The number of carbonyl (C=O) groups excluding carboxylic acids is 1. The number of benzene rings is 1. The minimum absolute atomic E-state index is 0.0319. The predicted molar refractivity (Wildman–Crippen MR) is 108 cm³/mol. The van der Waals surface area contributed by atoms with Gasteiger partial charge in [-0.25, -0.2) is 8.42 Å². The lowest BCUT2D eigenvalue weighted by molar-refractivity contribution is -0.133. The summed E-state index contributed by atoms with van der Waals surface area (Å²) in [5.41, 5.74) is 2.99. The fourth-order valence-corrected chi connectivity index (χ4v) is 5.02. The van der Waals surface area contributed by atoms with Crippen molar-refractivity contribution in [2.75, 3.05) is 26.2 Å². The first kappa shape index (κ1) is 20.5. The molecule has 0 spiro atoms. The minimum Gasteiger partial charge on any atom is -0.340 e. The van der Waals surface area contributed by atoms with Gasteiger partial charge in [0.2, 0.25) is 15.9 Å². The van der Waals surface area contributed by atoms with Gasteiger partial charge in [0.15, 0.2) is 0 Å². The number of aryl methyl sites for hydroxylation is 3. The van der Waals surface area contributed by atoms with E-state index in [0.29, 0.717) is 37.5 Å². The maximum absolute atomic E-state index is 12.8. The number of hydrogen-bond acceptors (Lipinski definition) is 4. The van der Waals surface area contributed by atoms with Crippen LogP contribution in [0.4, 0.5) is 0 Å². The van der Waals surface area contributed by atoms with Crippen LogP contribution in [0.3, 0.4) is 0 Å². The van der Waals surface area contributed by atoms with Crippen LogP contribution in [-0.2, 0) is 14.8 Å². The topological polar surface area (TPSA) is 75.5 Å². The molecule has 3 rings (SSSR count). The standard InChI is InChI=1S/C20H28N4O3S/c1-15-5-7-19(8-6-15)28(26,27)23-11-9-22(10-12-23)20(25)14-18(4)24-17(3)13-16(2)21-24/h5-8,13,18H,9-12,14H2,1-4H3. The Morgan fingerprint density at radius 1 is 1.07 bits per heavy atom. The molecule has 152 valence electrons. The summed E-state index contributed by atoms with van der Waals surface area (Å²) in [6.45, 7) is 9.28. The Morgan fingerprint density at radius 2 is 1.68 bits per heavy atom. The number of hydrogen-bond donors (Lipinski definition) is 0. The molecule has 0 saturated carbocycles. The summed E-state index contributed by atoms with van der Waals surface area (Å²) in [6, 6.07) is 8.84. The summed E-state index contributed by atoms with van der Waals surface area (Å²) >= 11 is 0. The summed E-state index contributed by atoms with van der Waals surface area (Å²) in [6.07, 6.45) is 0.354. The van der Waals surface area contributed by atoms with Gasteiger partial charge >= 0.3 is 0 Å². The van der Waals surface area contributed by atoms with Crippen molar-refractivity contribution >= 4 is 15.9 Å². The summed E-state index contributed by atoms with van der Waals surface area (Å²) in [4.78, 5) is 14.7. The fraction of sp³-hybridized carbons (Fsp3) is 0.500. The highest BCUT2D eigenvalue weighted by atomic mass is 32.2. The largest absolute Gasteiger partial charge is 0.340 e. The highest BCUT2D eigenvalue weighted by molar-refractivity contribution is 7.89. The molecule has 8 heteroatoms. The zero-order chi connectivity index (χ0) is 20.5. The molecule has 2 heterocycles. The third-order valence-corrected chi connectivity index (χ3v) is 7.10. The lowest BCUT2D eigenvalue weighted by Crippen LogP contribution is -2.50. The molecule has 1 aliphatic rings. The van der Waals surface area contributed by atoms with E-state index in [4.69, 9.17) is 0 Å². The number of amides is 1. The Labute approximate surface area is 167 Å².